The van der Waals surface area contributed by atoms with E-state index in [9.17, 15) is 0 Å². The summed E-state index contributed by atoms with van der Waals surface area (Å²) in [6, 6.07) is 94.0. The lowest BCUT2D eigenvalue weighted by Crippen LogP contribution is -2.50. The molecule has 0 N–H and O–H groups in total. The number of hydrogen-bond acceptors (Lipinski definition) is 7. The normalized spacial score (nSPS) is 16.9. The maximum Gasteiger partial charge on any atom is 0.166 e. The second kappa shape index (κ2) is 21.8. The number of ether oxygens (including phenoxy) is 4. The van der Waals surface area contributed by atoms with E-state index in [4.69, 9.17) is 28.9 Å². The van der Waals surface area contributed by atoms with Crippen LogP contribution in [0.2, 0.25) is 0 Å². The molecule has 9 aromatic carbocycles. The molecule has 1 saturated heterocycles. The lowest BCUT2D eigenvalue weighted by molar-refractivity contribution is -0.158. The third kappa shape index (κ3) is 8.93. The summed E-state index contributed by atoms with van der Waals surface area (Å²) >= 11 is 2.23. The Morgan fingerprint density at radius 3 is 1.01 bits per heavy atom. The average Bonchev–Trinajstić information content (AvgIpc) is 4.09. The molecule has 8 nitrogen and oxygen atoms in total. The summed E-state index contributed by atoms with van der Waals surface area (Å²) in [5, 5.41) is 0. The molecule has 0 unspecified atom stereocenters. The number of halogens is 1. The van der Waals surface area contributed by atoms with Crippen LogP contribution in [0.5, 0.6) is 0 Å². The number of fused-ring (bicyclic) bond motifs is 1. The summed E-state index contributed by atoms with van der Waals surface area (Å²) in [6.07, 6.45) is -0.181. The van der Waals surface area contributed by atoms with Crippen LogP contribution in [-0.4, -0.2) is 44.4 Å². The fourth-order valence-corrected chi connectivity index (χ4v) is 11.7. The lowest BCUT2D eigenvalue weighted by atomic mass is 9.79. The predicted octanol–water partition coefficient (Wildman–Crippen LogP) is 14.1. The van der Waals surface area contributed by atoms with Crippen molar-refractivity contribution in [2.24, 2.45) is 0 Å². The van der Waals surface area contributed by atoms with E-state index < -0.39 is 41.3 Å². The molecular weight excluding hydrogens is 1050 g/mol. The van der Waals surface area contributed by atoms with E-state index in [1.54, 1.807) is 12.7 Å². The zero-order valence-electron chi connectivity index (χ0n) is 41.5. The van der Waals surface area contributed by atoms with Crippen molar-refractivity contribution in [3.05, 3.63) is 339 Å². The number of aromatic nitrogens is 4. The summed E-state index contributed by atoms with van der Waals surface area (Å²) in [4.78, 5) is 14.4. The Morgan fingerprint density at radius 2 is 0.684 bits per heavy atom. The predicted molar refractivity (Wildman–Crippen MR) is 305 cm³/mol. The van der Waals surface area contributed by atoms with Crippen LogP contribution < -0.4 is 0 Å². The van der Waals surface area contributed by atoms with Gasteiger partial charge in [-0.2, -0.15) is 0 Å². The van der Waals surface area contributed by atoms with Crippen molar-refractivity contribution in [3.8, 4) is 0 Å². The third-order valence-corrected chi connectivity index (χ3v) is 15.4. The highest BCUT2D eigenvalue weighted by Crippen LogP contribution is 2.51. The average molecular weight is 1110 g/mol. The molecule has 76 heavy (non-hydrogen) atoms. The summed E-state index contributed by atoms with van der Waals surface area (Å²) < 4.78 is 35.0. The van der Waals surface area contributed by atoms with Crippen LogP contribution in [0.15, 0.2) is 286 Å². The van der Waals surface area contributed by atoms with Crippen molar-refractivity contribution >= 4 is 33.8 Å². The van der Waals surface area contributed by atoms with Crippen molar-refractivity contribution < 1.29 is 18.9 Å². The highest BCUT2D eigenvalue weighted by molar-refractivity contribution is 14.1. The van der Waals surface area contributed by atoms with E-state index in [-0.39, 0.29) is 6.61 Å². The van der Waals surface area contributed by atoms with Crippen molar-refractivity contribution in [3.63, 3.8) is 0 Å². The van der Waals surface area contributed by atoms with Gasteiger partial charge in [-0.15, -0.1) is 0 Å². The minimum atomic E-state index is -1.23. The fourth-order valence-electron chi connectivity index (χ4n) is 11.2. The number of nitrogens with zero attached hydrogens (tertiary/aromatic N) is 4. The molecule has 1 aliphatic heterocycles. The summed E-state index contributed by atoms with van der Waals surface area (Å²) in [5.74, 6) is 0. The van der Waals surface area contributed by atoms with E-state index in [0.29, 0.717) is 14.9 Å². The van der Waals surface area contributed by atoms with Gasteiger partial charge in [0.05, 0.1) is 12.9 Å². The molecule has 0 saturated carbocycles. The van der Waals surface area contributed by atoms with Gasteiger partial charge in [0, 0.05) is 0 Å². The third-order valence-electron chi connectivity index (χ3n) is 14.6. The van der Waals surface area contributed by atoms with Crippen LogP contribution >= 0.6 is 22.6 Å². The van der Waals surface area contributed by atoms with Gasteiger partial charge >= 0.3 is 0 Å². The van der Waals surface area contributed by atoms with E-state index in [2.05, 4.69) is 246 Å². The van der Waals surface area contributed by atoms with Gasteiger partial charge < -0.3 is 18.9 Å². The Labute approximate surface area is 456 Å². The van der Waals surface area contributed by atoms with Crippen molar-refractivity contribution in [1.82, 2.24) is 19.5 Å². The lowest BCUT2D eigenvalue weighted by Gasteiger charge is -2.44. The summed E-state index contributed by atoms with van der Waals surface area (Å²) in [7, 11) is 0. The maximum atomic E-state index is 8.38. The van der Waals surface area contributed by atoms with Crippen LogP contribution in [0.25, 0.3) is 11.2 Å². The van der Waals surface area contributed by atoms with Crippen LogP contribution in [0.3, 0.4) is 0 Å². The van der Waals surface area contributed by atoms with Crippen LogP contribution in [0.1, 0.15) is 56.3 Å². The largest absolute Gasteiger partial charge is 0.358 e. The SMILES string of the molecule is Ic1ncnc2c1ncn2[C@@H]1O[C@H](COC(c2ccccc2)(c2ccccc2)c2ccccc2)[C@@H](OC(c2ccccc2)(c2ccccc2)c2ccccc2)[C@H]1OC(c1ccccc1)(c1ccccc1)c1ccccc1. The molecule has 0 spiro atoms. The molecule has 0 bridgehead atoms. The molecule has 0 aliphatic carbocycles. The second-order valence-corrected chi connectivity index (χ2v) is 19.9. The molecule has 4 atom stereocenters. The molecule has 1 fully saturated rings. The molecule has 12 rings (SSSR count). The smallest absolute Gasteiger partial charge is 0.166 e. The first-order valence-corrected chi connectivity index (χ1v) is 26.7. The van der Waals surface area contributed by atoms with Gasteiger partial charge in [0.2, 0.25) is 0 Å². The Bertz CT molecular complexity index is 3310. The molecular formula is C67H53IN4O4. The number of benzene rings is 9. The van der Waals surface area contributed by atoms with Gasteiger partial charge in [-0.25, -0.2) is 15.0 Å². The fraction of sp³-hybridized carbons (Fsp3) is 0.119. The van der Waals surface area contributed by atoms with Gasteiger partial charge in [-0.1, -0.05) is 273 Å². The van der Waals surface area contributed by atoms with Crippen LogP contribution in [0, 0.1) is 3.70 Å². The summed E-state index contributed by atoms with van der Waals surface area (Å²) in [6.45, 7) is 0.0440. The molecule has 2 aromatic heterocycles. The molecule has 3 heterocycles. The Balaban J connectivity index is 1.14. The monoisotopic (exact) mass is 1100 g/mol. The van der Waals surface area contributed by atoms with Crippen molar-refractivity contribution in [2.75, 3.05) is 6.61 Å². The zero-order chi connectivity index (χ0) is 51.2. The van der Waals surface area contributed by atoms with Gasteiger partial charge in [0.25, 0.3) is 0 Å². The quantitative estimate of drug-likeness (QED) is 0.0510. The number of hydrogen-bond donors (Lipinski definition) is 0. The van der Waals surface area contributed by atoms with Crippen LogP contribution in [-0.2, 0) is 35.8 Å². The minimum absolute atomic E-state index is 0.0440. The highest BCUT2D eigenvalue weighted by Gasteiger charge is 2.57. The zero-order valence-corrected chi connectivity index (χ0v) is 43.6. The minimum Gasteiger partial charge on any atom is -0.358 e. The van der Waals surface area contributed by atoms with Gasteiger partial charge in [0.15, 0.2) is 11.9 Å². The van der Waals surface area contributed by atoms with Crippen LogP contribution in [0.4, 0.5) is 0 Å². The van der Waals surface area contributed by atoms with E-state index >= 15 is 0 Å². The summed E-state index contributed by atoms with van der Waals surface area (Å²) in [5.41, 5.74) is 6.11. The molecule has 11 aromatic rings. The Hall–Kier alpha value is -7.90. The topological polar surface area (TPSA) is 80.5 Å². The second-order valence-electron chi connectivity index (χ2n) is 18.9. The molecule has 1 aliphatic rings. The first-order chi connectivity index (χ1) is 37.6. The van der Waals surface area contributed by atoms with E-state index in [0.717, 1.165) is 50.1 Å². The first-order valence-electron chi connectivity index (χ1n) is 25.6. The number of rotatable bonds is 17. The number of imidazole rings is 1. The Kier molecular flexibility index (Phi) is 14.0. The molecule has 0 amide bonds. The van der Waals surface area contributed by atoms with E-state index in [1.807, 2.05) is 59.2 Å². The van der Waals surface area contributed by atoms with Crippen molar-refractivity contribution in [1.29, 1.82) is 0 Å². The molecule has 372 valence electrons. The Morgan fingerprint density at radius 1 is 0.382 bits per heavy atom. The van der Waals surface area contributed by atoms with Gasteiger partial charge in [-0.3, -0.25) is 4.57 Å². The van der Waals surface area contributed by atoms with E-state index in [1.165, 1.54) is 0 Å². The van der Waals surface area contributed by atoms with Crippen molar-refractivity contribution in [2.45, 2.75) is 41.3 Å². The van der Waals surface area contributed by atoms with Gasteiger partial charge in [0.1, 0.15) is 50.7 Å². The van der Waals surface area contributed by atoms with Gasteiger partial charge in [-0.05, 0) is 72.7 Å². The highest BCUT2D eigenvalue weighted by atomic mass is 127. The molecule has 9 heteroatoms. The standard InChI is InChI=1S/C67H53IN4O4/c68-62-59-63(70-47-69-62)72(48-71-59)64-61(76-67(55-40-22-7-23-41-55,56-42-24-8-25-43-56)57-44-26-9-27-45-57)60(75-66(52-34-16-4-17-35-52,53-36-18-5-19-37-53)54-38-20-6-21-39-54)58(74-64)46-73-65(49-28-10-1-11-29-49,50-30-12-2-13-31-50)51-32-14-3-15-33-51/h1-45,47-48,58,60-61,64H,46H2/t58-,60-,61-,64-/m1/s1. The first kappa shape index (κ1) is 49.0. The molecule has 0 radical (unpaired) electrons. The maximum absolute atomic E-state index is 8.38.